The number of aliphatic hydroxyl groups excluding tert-OH is 1. The minimum absolute atomic E-state index is 0.237. The first kappa shape index (κ1) is 23.4. The van der Waals surface area contributed by atoms with Crippen LogP contribution >= 0.6 is 0 Å². The molecule has 1 atom stereocenters. The van der Waals surface area contributed by atoms with Gasteiger partial charge in [-0.1, -0.05) is 18.2 Å². The summed E-state index contributed by atoms with van der Waals surface area (Å²) in [5, 5.41) is 19.8. The van der Waals surface area contributed by atoms with Crippen LogP contribution in [0.3, 0.4) is 0 Å². The maximum absolute atomic E-state index is 14.4. The fourth-order valence-electron chi connectivity index (χ4n) is 2.49. The SMILES string of the molecule is OC(Cn1cnnn1)C(F)(F)c1ccc(-c2ccc(OCC(F)(F)C(F)(F)F)cc2)cn1. The maximum atomic E-state index is 14.4. The smallest absolute Gasteiger partial charge is 0.456 e. The maximum Gasteiger partial charge on any atom is 0.456 e. The minimum Gasteiger partial charge on any atom is -0.487 e. The number of benzene rings is 1. The number of hydrogen-bond acceptors (Lipinski definition) is 6. The molecule has 1 aromatic carbocycles. The fraction of sp³-hybridized carbons (Fsp3) is 0.333. The van der Waals surface area contributed by atoms with E-state index in [1.807, 2.05) is 0 Å². The van der Waals surface area contributed by atoms with Gasteiger partial charge in [-0.3, -0.25) is 4.98 Å². The van der Waals surface area contributed by atoms with Crippen molar-refractivity contribution in [1.82, 2.24) is 25.2 Å². The molecule has 0 spiro atoms. The number of nitrogens with zero attached hydrogens (tertiary/aromatic N) is 5. The molecule has 172 valence electrons. The molecule has 0 aliphatic rings. The average molecular weight is 465 g/mol. The Morgan fingerprint density at radius 3 is 2.12 bits per heavy atom. The summed E-state index contributed by atoms with van der Waals surface area (Å²) in [5.41, 5.74) is 0.0550. The summed E-state index contributed by atoms with van der Waals surface area (Å²) < 4.78 is 96.6. The van der Waals surface area contributed by atoms with Crippen molar-refractivity contribution in [2.45, 2.75) is 30.7 Å². The first-order valence-electron chi connectivity index (χ1n) is 8.81. The van der Waals surface area contributed by atoms with Crippen LogP contribution in [0.2, 0.25) is 0 Å². The second-order valence-corrected chi connectivity index (χ2v) is 6.62. The topological polar surface area (TPSA) is 86.0 Å². The molecule has 14 heteroatoms. The molecule has 1 N–H and O–H groups in total. The van der Waals surface area contributed by atoms with E-state index < -0.39 is 43.0 Å². The quantitative estimate of drug-likeness (QED) is 0.513. The van der Waals surface area contributed by atoms with E-state index in [9.17, 15) is 35.8 Å². The standard InChI is InChI=1S/C18H14F7N5O2/c19-16(20,18(23,24)25)9-32-13-4-1-11(2-5-13)12-3-6-14(26-7-12)17(21,22)15(31)8-30-10-27-28-29-30/h1-7,10,15,31H,8-9H2. The molecule has 0 saturated carbocycles. The summed E-state index contributed by atoms with van der Waals surface area (Å²) >= 11 is 0. The Bertz CT molecular complexity index is 1010. The van der Waals surface area contributed by atoms with Gasteiger partial charge in [-0.2, -0.15) is 30.7 Å². The predicted octanol–water partition coefficient (Wildman–Crippen LogP) is 3.46. The highest BCUT2D eigenvalue weighted by atomic mass is 19.4. The van der Waals surface area contributed by atoms with Gasteiger partial charge in [0.1, 0.15) is 23.9 Å². The molecular formula is C18H14F7N5O2. The first-order chi connectivity index (χ1) is 14.9. The van der Waals surface area contributed by atoms with E-state index >= 15 is 0 Å². The zero-order valence-electron chi connectivity index (χ0n) is 15.8. The summed E-state index contributed by atoms with van der Waals surface area (Å²) in [5.74, 6) is -8.96. The van der Waals surface area contributed by atoms with Crippen LogP contribution < -0.4 is 4.74 Å². The molecule has 2 heterocycles. The molecule has 7 nitrogen and oxygen atoms in total. The Morgan fingerprint density at radius 2 is 1.59 bits per heavy atom. The number of pyridine rings is 1. The van der Waals surface area contributed by atoms with Gasteiger partial charge in [0.2, 0.25) is 0 Å². The molecule has 0 radical (unpaired) electrons. The van der Waals surface area contributed by atoms with E-state index in [2.05, 4.69) is 25.2 Å². The lowest BCUT2D eigenvalue weighted by Crippen LogP contribution is -2.41. The van der Waals surface area contributed by atoms with Gasteiger partial charge < -0.3 is 9.84 Å². The minimum atomic E-state index is -5.73. The summed E-state index contributed by atoms with van der Waals surface area (Å²) in [7, 11) is 0. The van der Waals surface area contributed by atoms with Gasteiger partial charge in [0.25, 0.3) is 0 Å². The molecule has 3 rings (SSSR count). The van der Waals surface area contributed by atoms with Crippen molar-refractivity contribution in [3.8, 4) is 16.9 Å². The van der Waals surface area contributed by atoms with E-state index in [1.165, 1.54) is 18.2 Å². The normalized spacial score (nSPS) is 13.8. The second kappa shape index (κ2) is 8.68. The van der Waals surface area contributed by atoms with Gasteiger partial charge in [-0.15, -0.1) is 5.10 Å². The number of halogens is 7. The van der Waals surface area contributed by atoms with Crippen LogP contribution in [0.25, 0.3) is 11.1 Å². The van der Waals surface area contributed by atoms with Crippen LogP contribution in [0.5, 0.6) is 5.75 Å². The van der Waals surface area contributed by atoms with Crippen molar-refractivity contribution in [2.75, 3.05) is 6.61 Å². The number of rotatable bonds is 8. The Hall–Kier alpha value is -3.29. The van der Waals surface area contributed by atoms with Crippen LogP contribution in [-0.4, -0.2) is 55.1 Å². The monoisotopic (exact) mass is 465 g/mol. The number of aliphatic hydroxyl groups is 1. The van der Waals surface area contributed by atoms with Gasteiger partial charge >= 0.3 is 18.0 Å². The van der Waals surface area contributed by atoms with Crippen LogP contribution in [-0.2, 0) is 12.5 Å². The van der Waals surface area contributed by atoms with Gasteiger partial charge in [-0.25, -0.2) is 4.68 Å². The van der Waals surface area contributed by atoms with Gasteiger partial charge in [0.15, 0.2) is 6.61 Å². The Kier molecular flexibility index (Phi) is 6.34. The highest BCUT2D eigenvalue weighted by molar-refractivity contribution is 5.63. The lowest BCUT2D eigenvalue weighted by molar-refractivity contribution is -0.290. The highest BCUT2D eigenvalue weighted by Crippen LogP contribution is 2.36. The number of alkyl halides is 7. The van der Waals surface area contributed by atoms with Crippen LogP contribution in [0, 0.1) is 0 Å². The van der Waals surface area contributed by atoms with Crippen molar-refractivity contribution in [3.63, 3.8) is 0 Å². The van der Waals surface area contributed by atoms with Gasteiger partial charge in [-0.05, 0) is 34.2 Å². The predicted molar refractivity (Wildman–Crippen MR) is 93.9 cm³/mol. The molecular weight excluding hydrogens is 451 g/mol. The summed E-state index contributed by atoms with van der Waals surface area (Å²) in [6, 6.07) is 7.26. The summed E-state index contributed by atoms with van der Waals surface area (Å²) in [4.78, 5) is 3.67. The van der Waals surface area contributed by atoms with E-state index in [0.717, 1.165) is 35.4 Å². The van der Waals surface area contributed by atoms with Crippen molar-refractivity contribution < 1.29 is 40.6 Å². The highest BCUT2D eigenvalue weighted by Gasteiger charge is 2.58. The number of aromatic nitrogens is 5. The Labute approximate surface area is 175 Å². The third kappa shape index (κ3) is 5.12. The third-order valence-corrected chi connectivity index (χ3v) is 4.30. The molecule has 0 saturated heterocycles. The van der Waals surface area contributed by atoms with E-state index in [-0.39, 0.29) is 5.75 Å². The molecule has 0 aliphatic carbocycles. The Morgan fingerprint density at radius 1 is 0.938 bits per heavy atom. The second-order valence-electron chi connectivity index (χ2n) is 6.62. The number of hydrogen-bond donors (Lipinski definition) is 1. The molecule has 2 aromatic heterocycles. The van der Waals surface area contributed by atoms with E-state index in [0.29, 0.717) is 11.1 Å². The van der Waals surface area contributed by atoms with E-state index in [4.69, 9.17) is 0 Å². The first-order valence-corrected chi connectivity index (χ1v) is 8.81. The van der Waals surface area contributed by atoms with Gasteiger partial charge in [0.05, 0.1) is 6.54 Å². The molecule has 32 heavy (non-hydrogen) atoms. The lowest BCUT2D eigenvalue weighted by Gasteiger charge is -2.21. The lowest BCUT2D eigenvalue weighted by atomic mass is 10.0. The van der Waals surface area contributed by atoms with Crippen molar-refractivity contribution in [3.05, 3.63) is 54.6 Å². The van der Waals surface area contributed by atoms with Crippen molar-refractivity contribution >= 4 is 0 Å². The van der Waals surface area contributed by atoms with Gasteiger partial charge in [0, 0.05) is 11.8 Å². The zero-order chi connectivity index (χ0) is 23.6. The molecule has 1 unspecified atom stereocenters. The number of tetrazole rings is 1. The van der Waals surface area contributed by atoms with Crippen LogP contribution in [0.15, 0.2) is 48.9 Å². The van der Waals surface area contributed by atoms with Crippen LogP contribution in [0.4, 0.5) is 30.7 Å². The molecule has 0 bridgehead atoms. The molecule has 0 fully saturated rings. The summed E-state index contributed by atoms with van der Waals surface area (Å²) in [6.45, 7) is -2.45. The third-order valence-electron chi connectivity index (χ3n) is 4.30. The van der Waals surface area contributed by atoms with Crippen LogP contribution in [0.1, 0.15) is 5.69 Å². The molecule has 3 aromatic rings. The fourth-order valence-corrected chi connectivity index (χ4v) is 2.49. The molecule has 0 aliphatic heterocycles. The Balaban J connectivity index is 1.66. The largest absolute Gasteiger partial charge is 0.487 e. The zero-order valence-corrected chi connectivity index (χ0v) is 15.8. The number of ether oxygens (including phenoxy) is 1. The van der Waals surface area contributed by atoms with E-state index in [1.54, 1.807) is 0 Å². The summed E-state index contributed by atoms with van der Waals surface area (Å²) in [6.07, 6.45) is -5.73. The van der Waals surface area contributed by atoms with Crippen molar-refractivity contribution in [2.24, 2.45) is 0 Å². The molecule has 0 amide bonds. The average Bonchev–Trinajstić information content (AvgIpc) is 3.25. The van der Waals surface area contributed by atoms with Crippen molar-refractivity contribution in [1.29, 1.82) is 0 Å².